The quantitative estimate of drug-likeness (QED) is 0.808. The molecule has 0 aromatic heterocycles. The third-order valence-corrected chi connectivity index (χ3v) is 3.78. The molecule has 0 aliphatic carbocycles. The third-order valence-electron chi connectivity index (χ3n) is 3.08. The van der Waals surface area contributed by atoms with Crippen LogP contribution in [0.15, 0.2) is 36.4 Å². The van der Waals surface area contributed by atoms with Gasteiger partial charge in [-0.25, -0.2) is 0 Å². The molecule has 0 N–H and O–H groups in total. The van der Waals surface area contributed by atoms with Gasteiger partial charge in [0, 0.05) is 5.39 Å². The van der Waals surface area contributed by atoms with Crippen LogP contribution >= 0.6 is 0 Å². The summed E-state index contributed by atoms with van der Waals surface area (Å²) in [5.41, 5.74) is 0.660. The Bertz CT molecular complexity index is 722. The largest absolute Gasteiger partial charge is 0.328 e. The Hall–Kier alpha value is -2.09. The lowest BCUT2D eigenvalue weighted by atomic mass is 9.95. The van der Waals surface area contributed by atoms with Gasteiger partial charge in [-0.1, -0.05) is 24.3 Å². The van der Waals surface area contributed by atoms with Crippen molar-refractivity contribution < 1.29 is 22.3 Å². The zero-order valence-corrected chi connectivity index (χ0v) is 11.9. The molecule has 2 amide bonds. The van der Waals surface area contributed by atoms with Gasteiger partial charge in [-0.3, -0.25) is 13.8 Å². The first-order valence-electron chi connectivity index (χ1n) is 6.27. The van der Waals surface area contributed by atoms with Gasteiger partial charge >= 0.3 is 11.4 Å². The molecule has 0 saturated carbocycles. The first kappa shape index (κ1) is 13.9. The molecule has 0 spiro atoms. The number of hydrogen-bond donors (Lipinski definition) is 0. The van der Waals surface area contributed by atoms with Crippen molar-refractivity contribution in [2.45, 2.75) is 6.92 Å². The third kappa shape index (κ3) is 2.25. The number of benzene rings is 2. The summed E-state index contributed by atoms with van der Waals surface area (Å²) < 4.78 is 21.0. The highest BCUT2D eigenvalue weighted by molar-refractivity contribution is 7.75. The van der Waals surface area contributed by atoms with Gasteiger partial charge in [-0.15, -0.1) is 9.35 Å². The highest BCUT2D eigenvalue weighted by Crippen LogP contribution is 2.30. The molecule has 1 heterocycles. The topological polar surface area (TPSA) is 72.9 Å². The fraction of sp³-hybridized carbons (Fsp3) is 0.143. The maximum Gasteiger partial charge on any atom is 0.328 e. The molecule has 0 radical (unpaired) electrons. The molecule has 1 atom stereocenters. The lowest BCUT2D eigenvalue weighted by molar-refractivity contribution is -0.0185. The van der Waals surface area contributed by atoms with Gasteiger partial charge < -0.3 is 0 Å². The number of rotatable bonds is 4. The lowest BCUT2D eigenvalue weighted by Gasteiger charge is -2.24. The van der Waals surface area contributed by atoms with E-state index < -0.39 is 23.2 Å². The summed E-state index contributed by atoms with van der Waals surface area (Å²) in [6.07, 6.45) is 0. The number of carbonyl (C=O) groups excluding carboxylic acids is 2. The van der Waals surface area contributed by atoms with Crippen LogP contribution in [-0.2, 0) is 19.8 Å². The molecule has 21 heavy (non-hydrogen) atoms. The fourth-order valence-corrected chi connectivity index (χ4v) is 2.75. The molecule has 6 nitrogen and oxygen atoms in total. The number of hydroxylamine groups is 2. The lowest BCUT2D eigenvalue weighted by Crippen LogP contribution is -2.40. The van der Waals surface area contributed by atoms with Crippen molar-refractivity contribution in [2.75, 3.05) is 6.61 Å². The van der Waals surface area contributed by atoms with Gasteiger partial charge in [0.2, 0.25) is 0 Å². The molecule has 7 heteroatoms. The van der Waals surface area contributed by atoms with Crippen molar-refractivity contribution in [2.24, 2.45) is 0 Å². The van der Waals surface area contributed by atoms with Crippen LogP contribution in [-0.4, -0.2) is 27.7 Å². The molecule has 1 aliphatic heterocycles. The smallest absolute Gasteiger partial charge is 0.267 e. The molecule has 0 bridgehead atoms. The second kappa shape index (κ2) is 5.36. The zero-order valence-electron chi connectivity index (χ0n) is 11.1. The van der Waals surface area contributed by atoms with Crippen molar-refractivity contribution in [3.05, 3.63) is 47.5 Å². The van der Waals surface area contributed by atoms with Gasteiger partial charge in [-0.2, -0.15) is 4.21 Å². The summed E-state index contributed by atoms with van der Waals surface area (Å²) in [4.78, 5) is 24.7. The normalized spacial score (nSPS) is 15.6. The minimum atomic E-state index is -2.20. The van der Waals surface area contributed by atoms with Gasteiger partial charge in [0.25, 0.3) is 11.8 Å². The number of amides is 2. The second-order valence-electron chi connectivity index (χ2n) is 4.30. The van der Waals surface area contributed by atoms with E-state index in [2.05, 4.69) is 0 Å². The van der Waals surface area contributed by atoms with Crippen molar-refractivity contribution in [3.63, 3.8) is 0 Å². The first-order valence-corrected chi connectivity index (χ1v) is 7.27. The van der Waals surface area contributed by atoms with Gasteiger partial charge in [-0.05, 0) is 24.4 Å². The molecule has 3 rings (SSSR count). The number of hydrogen-bond acceptors (Lipinski definition) is 5. The van der Waals surface area contributed by atoms with Crippen LogP contribution in [0, 0.1) is 0 Å². The van der Waals surface area contributed by atoms with E-state index in [1.54, 1.807) is 31.2 Å². The predicted octanol–water partition coefficient (Wildman–Crippen LogP) is 1.98. The Balaban J connectivity index is 2.09. The number of nitrogens with zero attached hydrogens (tertiary/aromatic N) is 1. The summed E-state index contributed by atoms with van der Waals surface area (Å²) in [6, 6.07) is 10.3. The van der Waals surface area contributed by atoms with E-state index in [1.807, 2.05) is 12.1 Å². The minimum Gasteiger partial charge on any atom is -0.267 e. The highest BCUT2D eigenvalue weighted by atomic mass is 32.2. The van der Waals surface area contributed by atoms with E-state index in [-0.39, 0.29) is 6.61 Å². The predicted molar refractivity (Wildman–Crippen MR) is 75.3 cm³/mol. The van der Waals surface area contributed by atoms with Crippen molar-refractivity contribution in [3.8, 4) is 0 Å². The van der Waals surface area contributed by atoms with Crippen molar-refractivity contribution in [1.82, 2.24) is 5.06 Å². The minimum absolute atomic E-state index is 0.134. The maximum atomic E-state index is 12.3. The Morgan fingerprint density at radius 3 is 2.14 bits per heavy atom. The van der Waals surface area contributed by atoms with Crippen LogP contribution in [0.1, 0.15) is 27.6 Å². The Morgan fingerprint density at radius 1 is 1.05 bits per heavy atom. The molecule has 108 valence electrons. The van der Waals surface area contributed by atoms with Crippen molar-refractivity contribution in [1.29, 1.82) is 0 Å². The van der Waals surface area contributed by atoms with Crippen molar-refractivity contribution >= 4 is 33.9 Å². The van der Waals surface area contributed by atoms with Crippen LogP contribution < -0.4 is 0 Å². The highest BCUT2D eigenvalue weighted by Gasteiger charge is 2.35. The second-order valence-corrected chi connectivity index (χ2v) is 5.09. The molecular weight excluding hydrogens is 294 g/mol. The molecule has 2 aromatic rings. The van der Waals surface area contributed by atoms with E-state index >= 15 is 0 Å². The summed E-state index contributed by atoms with van der Waals surface area (Å²) in [5, 5.41) is 1.86. The Kier molecular flexibility index (Phi) is 3.54. The van der Waals surface area contributed by atoms with E-state index in [9.17, 15) is 13.8 Å². The monoisotopic (exact) mass is 305 g/mol. The van der Waals surface area contributed by atoms with Crippen LogP contribution in [0.4, 0.5) is 0 Å². The summed E-state index contributed by atoms with van der Waals surface area (Å²) >= 11 is -2.20. The van der Waals surface area contributed by atoms with E-state index in [0.29, 0.717) is 21.6 Å². The zero-order chi connectivity index (χ0) is 15.0. The van der Waals surface area contributed by atoms with Gasteiger partial charge in [0.15, 0.2) is 0 Å². The molecule has 0 fully saturated rings. The van der Waals surface area contributed by atoms with Crippen LogP contribution in [0.3, 0.4) is 0 Å². The molecular formula is C14H11NO5S. The van der Waals surface area contributed by atoms with Crippen LogP contribution in [0.25, 0.3) is 10.8 Å². The Labute approximate surface area is 123 Å². The Morgan fingerprint density at radius 2 is 1.62 bits per heavy atom. The average molecular weight is 305 g/mol. The number of imide groups is 1. The first-order chi connectivity index (χ1) is 10.1. The van der Waals surface area contributed by atoms with E-state index in [0.717, 1.165) is 5.39 Å². The average Bonchev–Trinajstić information content (AvgIpc) is 2.49. The molecule has 0 saturated heterocycles. The summed E-state index contributed by atoms with van der Waals surface area (Å²) in [5.74, 6) is -1.31. The fourth-order valence-electron chi connectivity index (χ4n) is 2.25. The maximum absolute atomic E-state index is 12.3. The van der Waals surface area contributed by atoms with E-state index in [1.165, 1.54) is 0 Å². The number of carbonyl (C=O) groups is 2. The van der Waals surface area contributed by atoms with Gasteiger partial charge in [0.1, 0.15) is 0 Å². The van der Waals surface area contributed by atoms with Crippen LogP contribution in [0.5, 0.6) is 0 Å². The molecule has 1 aliphatic rings. The summed E-state index contributed by atoms with van der Waals surface area (Å²) in [7, 11) is 0. The van der Waals surface area contributed by atoms with Crippen LogP contribution in [0.2, 0.25) is 0 Å². The van der Waals surface area contributed by atoms with E-state index in [4.69, 9.17) is 8.47 Å². The molecule has 2 aromatic carbocycles. The molecule has 1 unspecified atom stereocenters. The summed E-state index contributed by atoms with van der Waals surface area (Å²) in [6.45, 7) is 1.76. The standard InChI is InChI=1S/C14H11NO5S/c1-2-19-21(18)20-15-13(16)10-7-3-5-9-6-4-8-11(12(9)10)14(15)17/h3-8H,2H2,1H3. The SMILES string of the molecule is CCOS(=O)ON1C(=O)c2cccc3cccc(c23)C1=O. The van der Waals surface area contributed by atoms with Gasteiger partial charge in [0.05, 0.1) is 17.7 Å².